The summed E-state index contributed by atoms with van der Waals surface area (Å²) in [5.74, 6) is -0.781. The number of hydrogen-bond acceptors (Lipinski definition) is 5. The van der Waals surface area contributed by atoms with Gasteiger partial charge in [-0.15, -0.1) is 12.4 Å². The average Bonchev–Trinajstić information content (AvgIpc) is 2.40. The second kappa shape index (κ2) is 9.17. The summed E-state index contributed by atoms with van der Waals surface area (Å²) in [5.41, 5.74) is 6.01. The topological polar surface area (TPSA) is 102 Å². The van der Waals surface area contributed by atoms with Crippen LogP contribution in [0.3, 0.4) is 0 Å². The number of phenolic OH excluding ortho intramolecular Hbond substituents is 1. The van der Waals surface area contributed by atoms with Crippen molar-refractivity contribution < 1.29 is 19.4 Å². The summed E-state index contributed by atoms with van der Waals surface area (Å²) in [6, 6.07) is 5.61. The number of benzene rings is 1. The second-order valence-corrected chi connectivity index (χ2v) is 3.95. The van der Waals surface area contributed by atoms with Gasteiger partial charge < -0.3 is 20.9 Å². The molecule has 0 aromatic heterocycles. The Morgan fingerprint density at radius 1 is 1.35 bits per heavy atom. The van der Waals surface area contributed by atoms with Crippen molar-refractivity contribution in [3.63, 3.8) is 0 Å². The summed E-state index contributed by atoms with van der Waals surface area (Å²) < 4.78 is 4.90. The van der Waals surface area contributed by atoms with Gasteiger partial charge in [-0.2, -0.15) is 0 Å². The number of carbonyl (C=O) groups excluding carboxylic acids is 2. The Kier molecular flexibility index (Phi) is 8.35. The summed E-state index contributed by atoms with van der Waals surface area (Å²) in [5, 5.41) is 11.7. The van der Waals surface area contributed by atoms with Crippen LogP contribution in [0.5, 0.6) is 5.75 Å². The molecule has 1 aromatic carbocycles. The number of carbonyl (C=O) groups is 2. The van der Waals surface area contributed by atoms with Crippen LogP contribution in [0.4, 0.5) is 0 Å². The van der Waals surface area contributed by atoms with Crippen molar-refractivity contribution in [2.75, 3.05) is 13.2 Å². The van der Waals surface area contributed by atoms with Crippen molar-refractivity contribution >= 4 is 24.3 Å². The third-order valence-corrected chi connectivity index (χ3v) is 2.47. The monoisotopic (exact) mass is 302 g/mol. The first-order chi connectivity index (χ1) is 9.06. The number of phenols is 1. The summed E-state index contributed by atoms with van der Waals surface area (Å²) in [7, 11) is 0. The van der Waals surface area contributed by atoms with E-state index in [2.05, 4.69) is 5.32 Å². The number of ether oxygens (including phenoxy) is 1. The predicted octanol–water partition coefficient (Wildman–Crippen LogP) is 0.363. The van der Waals surface area contributed by atoms with Crippen LogP contribution in [0.2, 0.25) is 0 Å². The molecule has 20 heavy (non-hydrogen) atoms. The average molecular weight is 303 g/mol. The van der Waals surface area contributed by atoms with Crippen LogP contribution in [0.25, 0.3) is 0 Å². The zero-order valence-electron chi connectivity index (χ0n) is 11.2. The quantitative estimate of drug-likeness (QED) is 0.659. The fourth-order valence-electron chi connectivity index (χ4n) is 1.56. The minimum atomic E-state index is -0.777. The molecule has 6 nitrogen and oxygen atoms in total. The zero-order chi connectivity index (χ0) is 14.3. The van der Waals surface area contributed by atoms with Gasteiger partial charge in [0.1, 0.15) is 11.8 Å². The third-order valence-electron chi connectivity index (χ3n) is 2.47. The normalized spacial score (nSPS) is 11.1. The fourth-order valence-corrected chi connectivity index (χ4v) is 1.56. The van der Waals surface area contributed by atoms with Crippen LogP contribution >= 0.6 is 12.4 Å². The molecular weight excluding hydrogens is 284 g/mol. The largest absolute Gasteiger partial charge is 0.508 e. The van der Waals surface area contributed by atoms with Gasteiger partial charge in [0.15, 0.2) is 0 Å². The van der Waals surface area contributed by atoms with Crippen LogP contribution in [0.1, 0.15) is 12.5 Å². The van der Waals surface area contributed by atoms with Crippen molar-refractivity contribution in [2.24, 2.45) is 5.73 Å². The van der Waals surface area contributed by atoms with Crippen LogP contribution in [0.15, 0.2) is 24.3 Å². The van der Waals surface area contributed by atoms with Crippen molar-refractivity contribution in [1.29, 1.82) is 0 Å². The van der Waals surface area contributed by atoms with E-state index in [9.17, 15) is 14.7 Å². The lowest BCUT2D eigenvalue weighted by Gasteiger charge is -2.17. The number of esters is 1. The van der Waals surface area contributed by atoms with Crippen LogP contribution in [-0.2, 0) is 20.7 Å². The number of nitrogens with two attached hydrogens (primary N) is 1. The Morgan fingerprint density at radius 2 is 1.95 bits per heavy atom. The Morgan fingerprint density at radius 3 is 2.45 bits per heavy atom. The summed E-state index contributed by atoms with van der Waals surface area (Å²) in [6.45, 7) is 1.75. The second-order valence-electron chi connectivity index (χ2n) is 3.95. The number of nitrogens with one attached hydrogen (secondary N) is 1. The third kappa shape index (κ3) is 5.90. The molecule has 1 aromatic rings. The van der Waals surface area contributed by atoms with E-state index < -0.39 is 17.9 Å². The van der Waals surface area contributed by atoms with E-state index in [4.69, 9.17) is 10.5 Å². The van der Waals surface area contributed by atoms with E-state index in [1.807, 2.05) is 0 Å². The Balaban J connectivity index is 0.00000361. The maximum Gasteiger partial charge on any atom is 0.328 e. The van der Waals surface area contributed by atoms with E-state index in [0.29, 0.717) is 0 Å². The smallest absolute Gasteiger partial charge is 0.328 e. The SMILES string of the molecule is CCOC(=O)[C@H](Cc1ccc(O)cc1)NC(=O)CN.Cl. The predicted molar refractivity (Wildman–Crippen MR) is 76.7 cm³/mol. The van der Waals surface area contributed by atoms with Gasteiger partial charge in [-0.05, 0) is 24.6 Å². The Hall–Kier alpha value is -1.79. The maximum absolute atomic E-state index is 11.7. The van der Waals surface area contributed by atoms with Gasteiger partial charge in [0.2, 0.25) is 5.91 Å². The summed E-state index contributed by atoms with van der Waals surface area (Å²) >= 11 is 0. The van der Waals surface area contributed by atoms with Gasteiger partial charge >= 0.3 is 5.97 Å². The highest BCUT2D eigenvalue weighted by Gasteiger charge is 2.21. The highest BCUT2D eigenvalue weighted by molar-refractivity contribution is 5.85. The molecule has 1 rings (SSSR count). The van der Waals surface area contributed by atoms with Gasteiger partial charge in [-0.3, -0.25) is 4.79 Å². The molecule has 0 bridgehead atoms. The Bertz CT molecular complexity index is 437. The Labute approximate surface area is 123 Å². The number of halogens is 1. The molecule has 0 fully saturated rings. The van der Waals surface area contributed by atoms with Gasteiger partial charge in [-0.25, -0.2) is 4.79 Å². The molecule has 0 unspecified atom stereocenters. The molecule has 1 amide bonds. The molecule has 0 heterocycles. The lowest BCUT2D eigenvalue weighted by molar-refractivity contribution is -0.147. The van der Waals surface area contributed by atoms with Crippen LogP contribution in [0, 0.1) is 0 Å². The van der Waals surface area contributed by atoms with E-state index in [1.54, 1.807) is 19.1 Å². The standard InChI is InChI=1S/C13H18N2O4.ClH/c1-2-19-13(18)11(15-12(17)8-14)7-9-3-5-10(16)6-4-9;/h3-6,11,16H,2,7-8,14H2,1H3,(H,15,17);1H/t11-;/m0./s1. The van der Waals surface area contributed by atoms with Crippen molar-refractivity contribution in [3.8, 4) is 5.75 Å². The summed E-state index contributed by atoms with van der Waals surface area (Å²) in [6.07, 6.45) is 0.283. The zero-order valence-corrected chi connectivity index (χ0v) is 12.0. The molecule has 1 atom stereocenters. The van der Waals surface area contributed by atoms with Gasteiger partial charge in [-0.1, -0.05) is 12.1 Å². The first kappa shape index (κ1) is 18.2. The van der Waals surface area contributed by atoms with Crippen molar-refractivity contribution in [2.45, 2.75) is 19.4 Å². The molecule has 0 spiro atoms. The van der Waals surface area contributed by atoms with Gasteiger partial charge in [0, 0.05) is 6.42 Å². The van der Waals surface area contributed by atoms with Gasteiger partial charge in [0.05, 0.1) is 13.2 Å². The fraction of sp³-hybridized carbons (Fsp3) is 0.385. The molecule has 0 aliphatic carbocycles. The first-order valence-electron chi connectivity index (χ1n) is 6.00. The van der Waals surface area contributed by atoms with E-state index in [-0.39, 0.29) is 37.7 Å². The van der Waals surface area contributed by atoms with E-state index >= 15 is 0 Å². The molecule has 4 N–H and O–H groups in total. The molecule has 7 heteroatoms. The van der Waals surface area contributed by atoms with E-state index in [0.717, 1.165) is 5.56 Å². The summed E-state index contributed by atoms with van der Waals surface area (Å²) in [4.78, 5) is 23.0. The number of amides is 1. The first-order valence-corrected chi connectivity index (χ1v) is 6.00. The van der Waals surface area contributed by atoms with Crippen LogP contribution < -0.4 is 11.1 Å². The lowest BCUT2D eigenvalue weighted by atomic mass is 10.1. The molecular formula is C13H19ClN2O4. The molecule has 0 saturated heterocycles. The van der Waals surface area contributed by atoms with Crippen LogP contribution in [-0.4, -0.2) is 36.2 Å². The molecule has 0 aliphatic heterocycles. The highest BCUT2D eigenvalue weighted by atomic mass is 35.5. The number of rotatable bonds is 6. The minimum Gasteiger partial charge on any atom is -0.508 e. The molecule has 0 radical (unpaired) electrons. The number of hydrogen-bond donors (Lipinski definition) is 3. The van der Waals surface area contributed by atoms with Crippen molar-refractivity contribution in [1.82, 2.24) is 5.32 Å². The van der Waals surface area contributed by atoms with E-state index in [1.165, 1.54) is 12.1 Å². The lowest BCUT2D eigenvalue weighted by Crippen LogP contribution is -2.45. The maximum atomic E-state index is 11.7. The molecule has 112 valence electrons. The minimum absolute atomic E-state index is 0. The number of aromatic hydroxyl groups is 1. The van der Waals surface area contributed by atoms with Gasteiger partial charge in [0.25, 0.3) is 0 Å². The van der Waals surface area contributed by atoms with Crippen molar-refractivity contribution in [3.05, 3.63) is 29.8 Å². The molecule has 0 aliphatic rings. The molecule has 0 saturated carbocycles. The highest BCUT2D eigenvalue weighted by Crippen LogP contribution is 2.11.